The molecule has 0 aliphatic rings. The van der Waals surface area contributed by atoms with Crippen molar-refractivity contribution in [1.29, 1.82) is 0 Å². The van der Waals surface area contributed by atoms with E-state index in [2.05, 4.69) is 10.3 Å². The summed E-state index contributed by atoms with van der Waals surface area (Å²) < 4.78 is 10.3. The second-order valence-electron chi connectivity index (χ2n) is 4.19. The summed E-state index contributed by atoms with van der Waals surface area (Å²) in [5, 5.41) is 3.04. The number of esters is 1. The number of ether oxygens (including phenoxy) is 2. The van der Waals surface area contributed by atoms with Crippen molar-refractivity contribution >= 4 is 17.5 Å². The van der Waals surface area contributed by atoms with Crippen molar-refractivity contribution in [3.63, 3.8) is 0 Å². The van der Waals surface area contributed by atoms with E-state index in [1.165, 1.54) is 6.20 Å². The molecule has 6 nitrogen and oxygen atoms in total. The summed E-state index contributed by atoms with van der Waals surface area (Å²) in [6.07, 6.45) is 1.70. The molecule has 0 atom stereocenters. The minimum Gasteiger partial charge on any atom is -0.462 e. The van der Waals surface area contributed by atoms with E-state index in [0.29, 0.717) is 36.8 Å². The van der Waals surface area contributed by atoms with E-state index in [9.17, 15) is 4.79 Å². The molecule has 1 rings (SSSR count). The number of rotatable bonds is 7. The van der Waals surface area contributed by atoms with Gasteiger partial charge in [-0.15, -0.1) is 0 Å². The molecule has 0 saturated heterocycles. The highest BCUT2D eigenvalue weighted by molar-refractivity contribution is 5.97. The first-order valence-corrected chi connectivity index (χ1v) is 6.33. The van der Waals surface area contributed by atoms with E-state index >= 15 is 0 Å². The predicted octanol–water partition coefficient (Wildman–Crippen LogP) is 1.68. The average molecular weight is 267 g/mol. The molecule has 0 spiro atoms. The zero-order valence-electron chi connectivity index (χ0n) is 11.6. The fourth-order valence-corrected chi connectivity index (χ4v) is 1.46. The number of nitrogens with one attached hydrogen (secondary N) is 1. The third-order valence-electron chi connectivity index (χ3n) is 2.33. The topological polar surface area (TPSA) is 86.5 Å². The fraction of sp³-hybridized carbons (Fsp3) is 0.538. The molecular formula is C13H21N3O3. The molecule has 0 aromatic carbocycles. The minimum atomic E-state index is -0.441. The first-order valence-electron chi connectivity index (χ1n) is 6.33. The van der Waals surface area contributed by atoms with Gasteiger partial charge >= 0.3 is 5.97 Å². The van der Waals surface area contributed by atoms with Gasteiger partial charge in [-0.05, 0) is 26.8 Å². The molecule has 1 heterocycles. The summed E-state index contributed by atoms with van der Waals surface area (Å²) in [6.45, 7) is 7.11. The summed E-state index contributed by atoms with van der Waals surface area (Å²) in [4.78, 5) is 15.8. The van der Waals surface area contributed by atoms with Gasteiger partial charge in [-0.1, -0.05) is 0 Å². The van der Waals surface area contributed by atoms with E-state index in [1.807, 2.05) is 13.8 Å². The van der Waals surface area contributed by atoms with Gasteiger partial charge in [0, 0.05) is 12.7 Å². The van der Waals surface area contributed by atoms with Crippen LogP contribution in [0.25, 0.3) is 0 Å². The second-order valence-corrected chi connectivity index (χ2v) is 4.19. The number of anilines is 2. The van der Waals surface area contributed by atoms with E-state index in [1.54, 1.807) is 13.0 Å². The maximum atomic E-state index is 11.7. The van der Waals surface area contributed by atoms with Crippen LogP contribution in [0.1, 0.15) is 31.1 Å². The third kappa shape index (κ3) is 4.75. The number of aromatic nitrogens is 1. The van der Waals surface area contributed by atoms with Crippen LogP contribution in [0.15, 0.2) is 12.3 Å². The Hall–Kier alpha value is -1.82. The van der Waals surface area contributed by atoms with Crippen LogP contribution in [-0.4, -0.2) is 36.8 Å². The van der Waals surface area contributed by atoms with Crippen LogP contribution in [-0.2, 0) is 9.47 Å². The number of carbonyl (C=O) groups excluding carboxylic acids is 1. The molecule has 0 unspecified atom stereocenters. The Bertz CT molecular complexity index is 422. The maximum absolute atomic E-state index is 11.7. The van der Waals surface area contributed by atoms with Crippen molar-refractivity contribution in [2.75, 3.05) is 30.8 Å². The second kappa shape index (κ2) is 7.58. The lowest BCUT2D eigenvalue weighted by Crippen LogP contribution is -2.16. The van der Waals surface area contributed by atoms with Gasteiger partial charge < -0.3 is 20.5 Å². The number of nitrogens with zero attached hydrogens (tertiary/aromatic N) is 1. The summed E-state index contributed by atoms with van der Waals surface area (Å²) in [5.74, 6) is 0.0294. The van der Waals surface area contributed by atoms with Crippen LogP contribution in [0.3, 0.4) is 0 Å². The maximum Gasteiger partial charge on any atom is 0.340 e. The quantitative estimate of drug-likeness (QED) is 0.577. The Morgan fingerprint density at radius 2 is 2.26 bits per heavy atom. The van der Waals surface area contributed by atoms with Crippen molar-refractivity contribution in [2.45, 2.75) is 26.9 Å². The molecule has 106 valence electrons. The number of hydrogen-bond donors (Lipinski definition) is 2. The third-order valence-corrected chi connectivity index (χ3v) is 2.33. The first kappa shape index (κ1) is 15.2. The molecule has 19 heavy (non-hydrogen) atoms. The molecule has 1 aromatic heterocycles. The summed E-state index contributed by atoms with van der Waals surface area (Å²) >= 11 is 0. The Balaban J connectivity index is 2.64. The standard InChI is InChI=1S/C13H21N3O3/c1-4-18-13(17)10-5-6-15-12(11(10)14)16-7-8-19-9(2)3/h5-6,9H,4,7-8,14H2,1-3H3,(H,15,16). The van der Waals surface area contributed by atoms with Crippen LogP contribution in [0.2, 0.25) is 0 Å². The zero-order chi connectivity index (χ0) is 14.3. The van der Waals surface area contributed by atoms with Crippen molar-refractivity contribution in [3.8, 4) is 0 Å². The van der Waals surface area contributed by atoms with Crippen LogP contribution >= 0.6 is 0 Å². The zero-order valence-corrected chi connectivity index (χ0v) is 11.6. The molecule has 0 amide bonds. The number of nitrogens with two attached hydrogens (primary N) is 1. The molecule has 0 saturated carbocycles. The van der Waals surface area contributed by atoms with Gasteiger partial charge in [-0.2, -0.15) is 0 Å². The van der Waals surface area contributed by atoms with Crippen LogP contribution in [0, 0.1) is 0 Å². The smallest absolute Gasteiger partial charge is 0.340 e. The van der Waals surface area contributed by atoms with Gasteiger partial charge in [0.25, 0.3) is 0 Å². The highest BCUT2D eigenvalue weighted by Crippen LogP contribution is 2.20. The molecule has 1 aromatic rings. The lowest BCUT2D eigenvalue weighted by atomic mass is 10.2. The van der Waals surface area contributed by atoms with Crippen LogP contribution < -0.4 is 11.1 Å². The molecule has 3 N–H and O–H groups in total. The van der Waals surface area contributed by atoms with E-state index in [0.717, 1.165) is 0 Å². The predicted molar refractivity (Wildman–Crippen MR) is 74.2 cm³/mol. The summed E-state index contributed by atoms with van der Waals surface area (Å²) in [5.41, 5.74) is 6.51. The monoisotopic (exact) mass is 267 g/mol. The number of carbonyl (C=O) groups is 1. The number of nitrogen functional groups attached to an aromatic ring is 1. The van der Waals surface area contributed by atoms with Gasteiger partial charge in [0.2, 0.25) is 0 Å². The van der Waals surface area contributed by atoms with Gasteiger partial charge in [-0.25, -0.2) is 9.78 Å². The molecule has 0 bridgehead atoms. The lowest BCUT2D eigenvalue weighted by molar-refractivity contribution is 0.0527. The molecular weight excluding hydrogens is 246 g/mol. The van der Waals surface area contributed by atoms with Gasteiger partial charge in [0.1, 0.15) is 5.82 Å². The van der Waals surface area contributed by atoms with Crippen LogP contribution in [0.5, 0.6) is 0 Å². The van der Waals surface area contributed by atoms with Crippen molar-refractivity contribution in [2.24, 2.45) is 0 Å². The Morgan fingerprint density at radius 3 is 2.89 bits per heavy atom. The molecule has 0 radical (unpaired) electrons. The molecule has 0 fully saturated rings. The summed E-state index contributed by atoms with van der Waals surface area (Å²) in [7, 11) is 0. The van der Waals surface area contributed by atoms with Crippen molar-refractivity contribution in [3.05, 3.63) is 17.8 Å². The molecule has 0 aliphatic heterocycles. The minimum absolute atomic E-state index is 0.179. The van der Waals surface area contributed by atoms with E-state index in [4.69, 9.17) is 15.2 Å². The lowest BCUT2D eigenvalue weighted by Gasteiger charge is -2.12. The average Bonchev–Trinajstić information content (AvgIpc) is 2.36. The fourth-order valence-electron chi connectivity index (χ4n) is 1.46. The largest absolute Gasteiger partial charge is 0.462 e. The van der Waals surface area contributed by atoms with Gasteiger partial charge in [0.05, 0.1) is 30.6 Å². The van der Waals surface area contributed by atoms with Crippen LogP contribution in [0.4, 0.5) is 11.5 Å². The first-order chi connectivity index (χ1) is 9.06. The highest BCUT2D eigenvalue weighted by Gasteiger charge is 2.14. The molecule has 0 aliphatic carbocycles. The SMILES string of the molecule is CCOC(=O)c1ccnc(NCCOC(C)C)c1N. The number of pyridine rings is 1. The molecule has 6 heteroatoms. The normalized spacial score (nSPS) is 10.5. The van der Waals surface area contributed by atoms with E-state index in [-0.39, 0.29) is 6.10 Å². The highest BCUT2D eigenvalue weighted by atomic mass is 16.5. The van der Waals surface area contributed by atoms with Crippen molar-refractivity contribution < 1.29 is 14.3 Å². The van der Waals surface area contributed by atoms with E-state index < -0.39 is 5.97 Å². The Morgan fingerprint density at radius 1 is 1.53 bits per heavy atom. The Labute approximate surface area is 113 Å². The summed E-state index contributed by atoms with van der Waals surface area (Å²) in [6, 6.07) is 1.54. The Kier molecular flexibility index (Phi) is 6.08. The number of hydrogen-bond acceptors (Lipinski definition) is 6. The van der Waals surface area contributed by atoms with Gasteiger partial charge in [0.15, 0.2) is 0 Å². The van der Waals surface area contributed by atoms with Gasteiger partial charge in [-0.3, -0.25) is 0 Å². The van der Waals surface area contributed by atoms with Crippen molar-refractivity contribution in [1.82, 2.24) is 4.98 Å².